The number of hydrogen-bond donors (Lipinski definition) is 1. The van der Waals surface area contributed by atoms with Crippen molar-refractivity contribution in [1.82, 2.24) is 0 Å². The summed E-state index contributed by atoms with van der Waals surface area (Å²) in [6.07, 6.45) is 3.65. The number of nitrogens with zero attached hydrogens (tertiary/aromatic N) is 1. The number of carbonyl (C=O) groups is 1. The summed E-state index contributed by atoms with van der Waals surface area (Å²) in [5.41, 5.74) is 0.424. The van der Waals surface area contributed by atoms with Gasteiger partial charge in [0.1, 0.15) is 0 Å². The van der Waals surface area contributed by atoms with Crippen LogP contribution in [0.1, 0.15) is 20.3 Å². The van der Waals surface area contributed by atoms with Gasteiger partial charge >= 0.3 is 5.97 Å². The van der Waals surface area contributed by atoms with Crippen molar-refractivity contribution in [1.29, 1.82) is 5.26 Å². The predicted octanol–water partition coefficient (Wildman–Crippen LogP) is 4.06. The van der Waals surface area contributed by atoms with Crippen LogP contribution in [0.2, 0.25) is 0 Å². The molecule has 0 spiro atoms. The molecule has 1 N–H and O–H groups in total. The molecular weight excluding hydrogens is 249 g/mol. The number of allylic oxidation sites excluding steroid dienone is 2. The third kappa shape index (κ3) is 38.6. The Labute approximate surface area is 106 Å². The van der Waals surface area contributed by atoms with E-state index in [2.05, 4.69) is 13.2 Å². The molecule has 16 heavy (non-hydrogen) atoms. The van der Waals surface area contributed by atoms with Crippen molar-refractivity contribution in [2.24, 2.45) is 0 Å². The Morgan fingerprint density at radius 3 is 1.94 bits per heavy atom. The van der Waals surface area contributed by atoms with E-state index < -0.39 is 5.97 Å². The molecule has 0 aromatic carbocycles. The van der Waals surface area contributed by atoms with E-state index in [0.29, 0.717) is 5.57 Å². The Hall–Kier alpha value is -1.24. The molecule has 0 saturated carbocycles. The normalized spacial score (nSPS) is 8.31. The highest BCUT2D eigenvalue weighted by atomic mass is 35.5. The number of carboxylic acid groups (broad SMARTS) is 1. The molecule has 0 saturated heterocycles. The van der Waals surface area contributed by atoms with Gasteiger partial charge < -0.3 is 5.11 Å². The van der Waals surface area contributed by atoms with Crippen LogP contribution in [0.3, 0.4) is 0 Å². The van der Waals surface area contributed by atoms with Crippen molar-refractivity contribution in [3.05, 3.63) is 35.4 Å². The summed E-state index contributed by atoms with van der Waals surface area (Å²) < 4.78 is 0.111. The molecule has 0 radical (unpaired) electrons. The SMILES string of the molecule is C=C(Cl)Cl.C=CC#N.CCC=C(C)C(=O)O. The van der Waals surface area contributed by atoms with Gasteiger partial charge in [-0.2, -0.15) is 5.26 Å². The zero-order valence-electron chi connectivity index (χ0n) is 9.33. The van der Waals surface area contributed by atoms with Gasteiger partial charge in [-0.15, -0.1) is 0 Å². The number of hydrogen-bond acceptors (Lipinski definition) is 2. The smallest absolute Gasteiger partial charge is 0.330 e. The van der Waals surface area contributed by atoms with Crippen molar-refractivity contribution in [3.8, 4) is 6.07 Å². The topological polar surface area (TPSA) is 61.1 Å². The molecule has 0 fully saturated rings. The van der Waals surface area contributed by atoms with Crippen molar-refractivity contribution in [2.75, 3.05) is 0 Å². The van der Waals surface area contributed by atoms with Gasteiger partial charge in [0.15, 0.2) is 0 Å². The standard InChI is InChI=1S/C6H10O2.C3H3N.C2H2Cl2/c1-3-4-5(2)6(7)8;1-2-3-4;1-2(3)4/h4H,3H2,1-2H3,(H,7,8);2H,1H2;1H2. The minimum atomic E-state index is -0.827. The number of aliphatic carboxylic acids is 1. The second kappa shape index (κ2) is 16.2. The molecule has 90 valence electrons. The third-order valence-electron chi connectivity index (χ3n) is 0.939. The maximum absolute atomic E-state index is 10.0. The summed E-state index contributed by atoms with van der Waals surface area (Å²) in [4.78, 5) is 10.0. The first-order valence-electron chi connectivity index (χ1n) is 4.23. The average Bonchev–Trinajstić information content (AvgIpc) is 2.17. The van der Waals surface area contributed by atoms with E-state index in [1.165, 1.54) is 6.08 Å². The van der Waals surface area contributed by atoms with Gasteiger partial charge in [0, 0.05) is 11.6 Å². The summed E-state index contributed by atoms with van der Waals surface area (Å²) in [6.45, 7) is 9.70. The van der Waals surface area contributed by atoms with Crippen LogP contribution in [-0.2, 0) is 4.79 Å². The zero-order chi connectivity index (χ0) is 13.6. The summed E-state index contributed by atoms with van der Waals surface area (Å²) in [7, 11) is 0. The van der Waals surface area contributed by atoms with Gasteiger partial charge in [0.05, 0.1) is 10.6 Å². The number of nitriles is 1. The molecule has 0 unspecified atom stereocenters. The summed E-state index contributed by atoms with van der Waals surface area (Å²) in [5, 5.41) is 15.8. The van der Waals surface area contributed by atoms with E-state index >= 15 is 0 Å². The van der Waals surface area contributed by atoms with Gasteiger partial charge in [-0.25, -0.2) is 4.79 Å². The predicted molar refractivity (Wildman–Crippen MR) is 68.3 cm³/mol. The first kappa shape index (κ1) is 20.2. The minimum Gasteiger partial charge on any atom is -0.478 e. The highest BCUT2D eigenvalue weighted by Crippen LogP contribution is 1.98. The lowest BCUT2D eigenvalue weighted by Gasteiger charge is -1.87. The molecule has 0 aliphatic rings. The third-order valence-corrected chi connectivity index (χ3v) is 0.939. The second-order valence-electron chi connectivity index (χ2n) is 2.27. The Morgan fingerprint density at radius 1 is 1.56 bits per heavy atom. The maximum atomic E-state index is 10.0. The Kier molecular flexibility index (Phi) is 20.5. The van der Waals surface area contributed by atoms with Crippen molar-refractivity contribution in [3.63, 3.8) is 0 Å². The second-order valence-corrected chi connectivity index (χ2v) is 3.38. The Balaban J connectivity index is -0.000000179. The average molecular weight is 264 g/mol. The highest BCUT2D eigenvalue weighted by Gasteiger charge is 1.94. The Morgan fingerprint density at radius 2 is 1.88 bits per heavy atom. The lowest BCUT2D eigenvalue weighted by Crippen LogP contribution is -1.94. The van der Waals surface area contributed by atoms with E-state index in [0.717, 1.165) is 6.42 Å². The first-order valence-corrected chi connectivity index (χ1v) is 4.99. The molecule has 5 heteroatoms. The number of rotatable bonds is 2. The van der Waals surface area contributed by atoms with Crippen LogP contribution in [-0.4, -0.2) is 11.1 Å². The van der Waals surface area contributed by atoms with Gasteiger partial charge in [0.2, 0.25) is 0 Å². The molecule has 0 aromatic rings. The largest absolute Gasteiger partial charge is 0.478 e. The first-order chi connectivity index (χ1) is 7.33. The van der Waals surface area contributed by atoms with Crippen LogP contribution in [0, 0.1) is 11.3 Å². The van der Waals surface area contributed by atoms with Gasteiger partial charge in [-0.3, -0.25) is 0 Å². The lowest BCUT2D eigenvalue weighted by atomic mass is 10.2. The maximum Gasteiger partial charge on any atom is 0.330 e. The van der Waals surface area contributed by atoms with Crippen molar-refractivity contribution < 1.29 is 9.90 Å². The van der Waals surface area contributed by atoms with E-state index in [1.807, 2.05) is 6.92 Å². The number of carboxylic acids is 1. The summed E-state index contributed by atoms with van der Waals surface area (Å²) >= 11 is 9.69. The van der Waals surface area contributed by atoms with Crippen LogP contribution in [0.25, 0.3) is 0 Å². The molecule has 0 aliphatic heterocycles. The zero-order valence-corrected chi connectivity index (χ0v) is 10.8. The van der Waals surface area contributed by atoms with Crippen LogP contribution in [0.15, 0.2) is 35.4 Å². The van der Waals surface area contributed by atoms with E-state index in [1.54, 1.807) is 19.1 Å². The fourth-order valence-electron chi connectivity index (χ4n) is 0.393. The van der Waals surface area contributed by atoms with E-state index in [9.17, 15) is 4.79 Å². The van der Waals surface area contributed by atoms with Crippen molar-refractivity contribution in [2.45, 2.75) is 20.3 Å². The molecule has 0 amide bonds. The van der Waals surface area contributed by atoms with Crippen LogP contribution in [0.4, 0.5) is 0 Å². The molecule has 0 bridgehead atoms. The number of halogens is 2. The molecule has 3 nitrogen and oxygen atoms in total. The van der Waals surface area contributed by atoms with Crippen LogP contribution in [0.5, 0.6) is 0 Å². The molecule has 0 atom stereocenters. The van der Waals surface area contributed by atoms with E-state index in [4.69, 9.17) is 33.6 Å². The summed E-state index contributed by atoms with van der Waals surface area (Å²) in [5.74, 6) is -0.827. The van der Waals surface area contributed by atoms with Gasteiger partial charge in [-0.05, 0) is 13.3 Å². The molecular formula is C11H15Cl2NO2. The minimum absolute atomic E-state index is 0.111. The highest BCUT2D eigenvalue weighted by molar-refractivity contribution is 6.55. The van der Waals surface area contributed by atoms with Gasteiger partial charge in [-0.1, -0.05) is 49.4 Å². The van der Waals surface area contributed by atoms with Crippen LogP contribution < -0.4 is 0 Å². The molecule has 0 aromatic heterocycles. The quantitative estimate of drug-likeness (QED) is 0.604. The van der Waals surface area contributed by atoms with E-state index in [-0.39, 0.29) is 4.49 Å². The fourth-order valence-corrected chi connectivity index (χ4v) is 0.393. The van der Waals surface area contributed by atoms with Crippen LogP contribution >= 0.6 is 23.2 Å². The molecule has 0 aliphatic carbocycles. The Bertz CT molecular complexity index is 287. The molecule has 0 rings (SSSR count). The molecule has 0 heterocycles. The monoisotopic (exact) mass is 263 g/mol. The lowest BCUT2D eigenvalue weighted by molar-refractivity contribution is -0.132. The van der Waals surface area contributed by atoms with Crippen molar-refractivity contribution >= 4 is 29.2 Å². The summed E-state index contributed by atoms with van der Waals surface area (Å²) in [6, 6.07) is 1.69. The fraction of sp³-hybridized carbons (Fsp3) is 0.273. The van der Waals surface area contributed by atoms with Gasteiger partial charge in [0.25, 0.3) is 0 Å².